The summed E-state index contributed by atoms with van der Waals surface area (Å²) in [6.45, 7) is 4.14. The summed E-state index contributed by atoms with van der Waals surface area (Å²) in [5, 5.41) is 11.3. The standard InChI is InChI=1S/C12H16Cl2O/c1-3-8(4-2)12(15)10-6-5-9(13)7-11(10)14/h5-8,12,15H,3-4H2,1-2H3. The van der Waals surface area contributed by atoms with Crippen molar-refractivity contribution >= 4 is 23.2 Å². The van der Waals surface area contributed by atoms with Gasteiger partial charge in [0, 0.05) is 10.0 Å². The highest BCUT2D eigenvalue weighted by Gasteiger charge is 2.19. The monoisotopic (exact) mass is 246 g/mol. The van der Waals surface area contributed by atoms with Crippen molar-refractivity contribution in [2.75, 3.05) is 0 Å². The minimum atomic E-state index is -0.496. The van der Waals surface area contributed by atoms with Gasteiger partial charge in [-0.2, -0.15) is 0 Å². The smallest absolute Gasteiger partial charge is 0.0832 e. The molecule has 84 valence electrons. The van der Waals surface area contributed by atoms with Gasteiger partial charge in [0.25, 0.3) is 0 Å². The van der Waals surface area contributed by atoms with Gasteiger partial charge in [0.05, 0.1) is 6.10 Å². The lowest BCUT2D eigenvalue weighted by molar-refractivity contribution is 0.103. The SMILES string of the molecule is CCC(CC)C(O)c1ccc(Cl)cc1Cl. The summed E-state index contributed by atoms with van der Waals surface area (Å²) in [7, 11) is 0. The lowest BCUT2D eigenvalue weighted by Crippen LogP contribution is -2.11. The minimum absolute atomic E-state index is 0.253. The van der Waals surface area contributed by atoms with Crippen molar-refractivity contribution in [3.05, 3.63) is 33.8 Å². The average molecular weight is 247 g/mol. The van der Waals surface area contributed by atoms with E-state index in [0.717, 1.165) is 18.4 Å². The van der Waals surface area contributed by atoms with Crippen LogP contribution in [0.1, 0.15) is 38.4 Å². The van der Waals surface area contributed by atoms with E-state index in [0.29, 0.717) is 10.0 Å². The molecule has 0 amide bonds. The third kappa shape index (κ3) is 3.10. The van der Waals surface area contributed by atoms with Crippen molar-refractivity contribution in [3.63, 3.8) is 0 Å². The Labute approximate surface area is 101 Å². The predicted molar refractivity (Wildman–Crippen MR) is 65.5 cm³/mol. The van der Waals surface area contributed by atoms with E-state index >= 15 is 0 Å². The zero-order valence-electron chi connectivity index (χ0n) is 9.00. The van der Waals surface area contributed by atoms with Gasteiger partial charge in [0.2, 0.25) is 0 Å². The van der Waals surface area contributed by atoms with Crippen LogP contribution in [0.15, 0.2) is 18.2 Å². The maximum atomic E-state index is 10.1. The molecule has 0 aromatic heterocycles. The number of aliphatic hydroxyl groups is 1. The molecule has 1 nitrogen and oxygen atoms in total. The second kappa shape index (κ2) is 5.74. The molecule has 0 spiro atoms. The zero-order chi connectivity index (χ0) is 11.4. The molecule has 15 heavy (non-hydrogen) atoms. The number of aliphatic hydroxyl groups excluding tert-OH is 1. The highest BCUT2D eigenvalue weighted by atomic mass is 35.5. The van der Waals surface area contributed by atoms with Crippen LogP contribution in [0.3, 0.4) is 0 Å². The fourth-order valence-electron chi connectivity index (χ4n) is 1.73. The van der Waals surface area contributed by atoms with E-state index in [4.69, 9.17) is 23.2 Å². The Kier molecular flexibility index (Phi) is 4.91. The second-order valence-electron chi connectivity index (χ2n) is 3.69. The van der Waals surface area contributed by atoms with E-state index in [-0.39, 0.29) is 5.92 Å². The molecule has 0 saturated heterocycles. The van der Waals surface area contributed by atoms with E-state index in [1.807, 2.05) is 0 Å². The molecule has 1 N–H and O–H groups in total. The Morgan fingerprint density at radius 3 is 2.27 bits per heavy atom. The summed E-state index contributed by atoms with van der Waals surface area (Å²) >= 11 is 11.8. The molecule has 1 unspecified atom stereocenters. The average Bonchev–Trinajstić information content (AvgIpc) is 2.19. The fraction of sp³-hybridized carbons (Fsp3) is 0.500. The van der Waals surface area contributed by atoms with Crippen LogP contribution in [0, 0.1) is 5.92 Å². The van der Waals surface area contributed by atoms with Crippen LogP contribution in [0.5, 0.6) is 0 Å². The molecular weight excluding hydrogens is 231 g/mol. The van der Waals surface area contributed by atoms with Crippen molar-refractivity contribution in [1.29, 1.82) is 0 Å². The highest BCUT2D eigenvalue weighted by molar-refractivity contribution is 6.35. The van der Waals surface area contributed by atoms with Crippen molar-refractivity contribution in [2.45, 2.75) is 32.8 Å². The Morgan fingerprint density at radius 2 is 1.80 bits per heavy atom. The molecule has 1 aromatic carbocycles. The molecule has 0 aliphatic rings. The first kappa shape index (κ1) is 12.8. The number of halogens is 2. The lowest BCUT2D eigenvalue weighted by Gasteiger charge is -2.21. The van der Waals surface area contributed by atoms with Gasteiger partial charge in [-0.25, -0.2) is 0 Å². The van der Waals surface area contributed by atoms with E-state index in [2.05, 4.69) is 13.8 Å². The molecule has 0 bridgehead atoms. The number of rotatable bonds is 4. The Balaban J connectivity index is 2.94. The van der Waals surface area contributed by atoms with Crippen LogP contribution in [0.4, 0.5) is 0 Å². The van der Waals surface area contributed by atoms with Gasteiger partial charge in [-0.1, -0.05) is 56.0 Å². The number of benzene rings is 1. The number of hydrogen-bond acceptors (Lipinski definition) is 1. The van der Waals surface area contributed by atoms with Gasteiger partial charge >= 0.3 is 0 Å². The first-order valence-electron chi connectivity index (χ1n) is 5.23. The fourth-order valence-corrected chi connectivity index (χ4v) is 2.25. The Bertz CT molecular complexity index is 321. The van der Waals surface area contributed by atoms with Crippen LogP contribution in [0.2, 0.25) is 10.0 Å². The molecule has 0 heterocycles. The van der Waals surface area contributed by atoms with Crippen LogP contribution in [-0.2, 0) is 0 Å². The summed E-state index contributed by atoms with van der Waals surface area (Å²) in [6.07, 6.45) is 1.39. The van der Waals surface area contributed by atoms with E-state index < -0.39 is 6.10 Å². The maximum absolute atomic E-state index is 10.1. The lowest BCUT2D eigenvalue weighted by atomic mass is 9.91. The Morgan fingerprint density at radius 1 is 1.20 bits per heavy atom. The Hall–Kier alpha value is -0.240. The van der Waals surface area contributed by atoms with Gasteiger partial charge in [-0.05, 0) is 23.6 Å². The summed E-state index contributed by atoms with van der Waals surface area (Å²) in [4.78, 5) is 0. The maximum Gasteiger partial charge on any atom is 0.0832 e. The quantitative estimate of drug-likeness (QED) is 0.832. The van der Waals surface area contributed by atoms with Crippen molar-refractivity contribution < 1.29 is 5.11 Å². The first-order chi connectivity index (χ1) is 7.10. The van der Waals surface area contributed by atoms with Crippen LogP contribution < -0.4 is 0 Å². The topological polar surface area (TPSA) is 20.2 Å². The van der Waals surface area contributed by atoms with E-state index in [1.165, 1.54) is 0 Å². The summed E-state index contributed by atoms with van der Waals surface area (Å²) < 4.78 is 0. The van der Waals surface area contributed by atoms with Crippen molar-refractivity contribution in [3.8, 4) is 0 Å². The van der Waals surface area contributed by atoms with Crippen LogP contribution in [0.25, 0.3) is 0 Å². The van der Waals surface area contributed by atoms with E-state index in [1.54, 1.807) is 18.2 Å². The largest absolute Gasteiger partial charge is 0.388 e. The van der Waals surface area contributed by atoms with Crippen LogP contribution >= 0.6 is 23.2 Å². The molecule has 1 rings (SSSR count). The summed E-state index contributed by atoms with van der Waals surface area (Å²) in [5.41, 5.74) is 0.773. The third-order valence-corrected chi connectivity index (χ3v) is 3.34. The summed E-state index contributed by atoms with van der Waals surface area (Å²) in [5.74, 6) is 0.253. The molecule has 0 aliphatic carbocycles. The van der Waals surface area contributed by atoms with Gasteiger partial charge in [0.1, 0.15) is 0 Å². The normalized spacial score (nSPS) is 13.2. The van der Waals surface area contributed by atoms with Gasteiger partial charge in [-0.3, -0.25) is 0 Å². The van der Waals surface area contributed by atoms with E-state index in [9.17, 15) is 5.11 Å². The number of hydrogen-bond donors (Lipinski definition) is 1. The predicted octanol–water partition coefficient (Wildman–Crippen LogP) is 4.46. The van der Waals surface area contributed by atoms with Crippen LogP contribution in [-0.4, -0.2) is 5.11 Å². The molecule has 0 saturated carbocycles. The molecule has 0 fully saturated rings. The molecular formula is C12H16Cl2O. The third-order valence-electron chi connectivity index (χ3n) is 2.78. The van der Waals surface area contributed by atoms with Crippen molar-refractivity contribution in [1.82, 2.24) is 0 Å². The second-order valence-corrected chi connectivity index (χ2v) is 4.53. The van der Waals surface area contributed by atoms with Gasteiger partial charge in [-0.15, -0.1) is 0 Å². The van der Waals surface area contributed by atoms with Crippen molar-refractivity contribution in [2.24, 2.45) is 5.92 Å². The molecule has 0 aliphatic heterocycles. The molecule has 1 aromatic rings. The van der Waals surface area contributed by atoms with Gasteiger partial charge in [0.15, 0.2) is 0 Å². The first-order valence-corrected chi connectivity index (χ1v) is 5.98. The molecule has 0 radical (unpaired) electrons. The van der Waals surface area contributed by atoms with Gasteiger partial charge < -0.3 is 5.11 Å². The zero-order valence-corrected chi connectivity index (χ0v) is 10.5. The minimum Gasteiger partial charge on any atom is -0.388 e. The molecule has 1 atom stereocenters. The summed E-state index contributed by atoms with van der Waals surface area (Å²) in [6, 6.07) is 5.23. The highest BCUT2D eigenvalue weighted by Crippen LogP contribution is 2.33. The molecule has 3 heteroatoms.